The highest BCUT2D eigenvalue weighted by Crippen LogP contribution is 2.26. The number of hydrogen-bond acceptors (Lipinski definition) is 3. The summed E-state index contributed by atoms with van der Waals surface area (Å²) < 4.78 is 5.39. The maximum Gasteiger partial charge on any atom is 0.124 e. The summed E-state index contributed by atoms with van der Waals surface area (Å²) in [4.78, 5) is 2.27. The molecule has 1 rings (SSSR count). The average Bonchev–Trinajstić information content (AvgIpc) is 2.31. The monoisotopic (exact) mass is 237 g/mol. The number of hydrogen-bond donors (Lipinski definition) is 1. The van der Waals surface area contributed by atoms with Gasteiger partial charge in [-0.15, -0.1) is 0 Å². The summed E-state index contributed by atoms with van der Waals surface area (Å²) in [6.45, 7) is 8.03. The van der Waals surface area contributed by atoms with E-state index in [1.807, 2.05) is 12.1 Å². The van der Waals surface area contributed by atoms with Crippen molar-refractivity contribution in [3.63, 3.8) is 0 Å². The Bertz CT molecular complexity index is 346. The van der Waals surface area contributed by atoms with Crippen molar-refractivity contribution >= 4 is 5.69 Å². The van der Waals surface area contributed by atoms with Crippen molar-refractivity contribution in [2.24, 2.45) is 0 Å². The van der Waals surface area contributed by atoms with Gasteiger partial charge in [-0.05, 0) is 32.4 Å². The zero-order valence-electron chi connectivity index (χ0n) is 11.2. The standard InChI is InChI=1S/C14H23NO2/c1-5-15(6-2)13-8-7-12(9-11(3)16)14(10-13)17-4/h7-8,10-11,16H,5-6,9H2,1-4H3. The van der Waals surface area contributed by atoms with E-state index in [1.54, 1.807) is 14.0 Å². The molecule has 0 aromatic heterocycles. The number of benzene rings is 1. The van der Waals surface area contributed by atoms with Gasteiger partial charge in [0.05, 0.1) is 13.2 Å². The molecule has 0 saturated heterocycles. The van der Waals surface area contributed by atoms with Crippen LogP contribution < -0.4 is 9.64 Å². The summed E-state index contributed by atoms with van der Waals surface area (Å²) in [5, 5.41) is 9.43. The Morgan fingerprint density at radius 2 is 1.94 bits per heavy atom. The van der Waals surface area contributed by atoms with E-state index in [1.165, 1.54) is 5.69 Å². The number of aliphatic hydroxyl groups is 1. The lowest BCUT2D eigenvalue weighted by Crippen LogP contribution is -2.21. The quantitative estimate of drug-likeness (QED) is 0.825. The fraction of sp³-hybridized carbons (Fsp3) is 0.571. The van der Waals surface area contributed by atoms with Crippen molar-refractivity contribution in [3.05, 3.63) is 23.8 Å². The van der Waals surface area contributed by atoms with Crippen LogP contribution >= 0.6 is 0 Å². The van der Waals surface area contributed by atoms with E-state index in [9.17, 15) is 5.11 Å². The van der Waals surface area contributed by atoms with Gasteiger partial charge in [-0.2, -0.15) is 0 Å². The lowest BCUT2D eigenvalue weighted by atomic mass is 10.1. The minimum absolute atomic E-state index is 0.344. The number of ether oxygens (including phenoxy) is 1. The molecule has 0 amide bonds. The van der Waals surface area contributed by atoms with Gasteiger partial charge in [0, 0.05) is 31.3 Å². The molecule has 1 N–H and O–H groups in total. The number of anilines is 1. The summed E-state index contributed by atoms with van der Waals surface area (Å²) in [7, 11) is 1.67. The molecule has 1 aromatic carbocycles. The number of nitrogens with zero attached hydrogens (tertiary/aromatic N) is 1. The Hall–Kier alpha value is -1.22. The van der Waals surface area contributed by atoms with Gasteiger partial charge >= 0.3 is 0 Å². The SMILES string of the molecule is CCN(CC)c1ccc(CC(C)O)c(OC)c1. The van der Waals surface area contributed by atoms with Crippen molar-refractivity contribution < 1.29 is 9.84 Å². The predicted octanol–water partition coefficient (Wildman–Crippen LogP) is 2.46. The van der Waals surface area contributed by atoms with Gasteiger partial charge in [0.1, 0.15) is 5.75 Å². The van der Waals surface area contributed by atoms with Crippen molar-refractivity contribution in [3.8, 4) is 5.75 Å². The van der Waals surface area contributed by atoms with Crippen LogP contribution in [-0.4, -0.2) is 31.4 Å². The molecular formula is C14H23NO2. The molecule has 0 aliphatic carbocycles. The molecule has 96 valence electrons. The van der Waals surface area contributed by atoms with Crippen molar-refractivity contribution in [2.45, 2.75) is 33.3 Å². The van der Waals surface area contributed by atoms with Crippen LogP contribution in [0.15, 0.2) is 18.2 Å². The average molecular weight is 237 g/mol. The summed E-state index contributed by atoms with van der Waals surface area (Å²) in [5.41, 5.74) is 2.22. The third-order valence-corrected chi connectivity index (χ3v) is 2.91. The molecule has 1 atom stereocenters. The number of rotatable bonds is 6. The molecule has 0 heterocycles. The number of methoxy groups -OCH3 is 1. The highest BCUT2D eigenvalue weighted by atomic mass is 16.5. The van der Waals surface area contributed by atoms with E-state index in [2.05, 4.69) is 24.8 Å². The molecule has 0 spiro atoms. The van der Waals surface area contributed by atoms with E-state index in [4.69, 9.17) is 4.74 Å². The minimum Gasteiger partial charge on any atom is -0.496 e. The van der Waals surface area contributed by atoms with Gasteiger partial charge in [0.25, 0.3) is 0 Å². The second-order valence-electron chi connectivity index (χ2n) is 4.22. The summed E-state index contributed by atoms with van der Waals surface area (Å²) in [6.07, 6.45) is 0.282. The van der Waals surface area contributed by atoms with Gasteiger partial charge in [-0.3, -0.25) is 0 Å². The van der Waals surface area contributed by atoms with Crippen LogP contribution in [0.4, 0.5) is 5.69 Å². The van der Waals surface area contributed by atoms with Crippen LogP contribution in [0.1, 0.15) is 26.3 Å². The fourth-order valence-corrected chi connectivity index (χ4v) is 2.01. The predicted molar refractivity (Wildman–Crippen MR) is 71.9 cm³/mol. The first-order valence-electron chi connectivity index (χ1n) is 6.22. The summed E-state index contributed by atoms with van der Waals surface area (Å²) >= 11 is 0. The first kappa shape index (κ1) is 13.8. The van der Waals surface area contributed by atoms with Crippen LogP contribution in [0.25, 0.3) is 0 Å². The lowest BCUT2D eigenvalue weighted by Gasteiger charge is -2.22. The van der Waals surface area contributed by atoms with Crippen LogP contribution in [0.5, 0.6) is 5.75 Å². The highest BCUT2D eigenvalue weighted by molar-refractivity contribution is 5.53. The van der Waals surface area contributed by atoms with E-state index >= 15 is 0 Å². The molecule has 17 heavy (non-hydrogen) atoms. The molecule has 0 radical (unpaired) electrons. The second-order valence-corrected chi connectivity index (χ2v) is 4.22. The van der Waals surface area contributed by atoms with Crippen molar-refractivity contribution in [1.29, 1.82) is 0 Å². The fourth-order valence-electron chi connectivity index (χ4n) is 2.01. The Morgan fingerprint density at radius 3 is 2.41 bits per heavy atom. The second kappa shape index (κ2) is 6.50. The third kappa shape index (κ3) is 3.63. The Morgan fingerprint density at radius 1 is 1.29 bits per heavy atom. The van der Waals surface area contributed by atoms with Crippen LogP contribution in [-0.2, 0) is 6.42 Å². The molecule has 0 saturated carbocycles. The van der Waals surface area contributed by atoms with Crippen LogP contribution in [0.2, 0.25) is 0 Å². The van der Waals surface area contributed by atoms with E-state index in [-0.39, 0.29) is 6.10 Å². The lowest BCUT2D eigenvalue weighted by molar-refractivity contribution is 0.194. The minimum atomic E-state index is -0.344. The van der Waals surface area contributed by atoms with Gasteiger partial charge in [0.2, 0.25) is 0 Å². The van der Waals surface area contributed by atoms with Crippen LogP contribution in [0.3, 0.4) is 0 Å². The Balaban J connectivity index is 2.99. The maximum absolute atomic E-state index is 9.43. The van der Waals surface area contributed by atoms with Gasteiger partial charge in [-0.25, -0.2) is 0 Å². The Kier molecular flexibility index (Phi) is 5.29. The molecule has 0 aliphatic heterocycles. The molecular weight excluding hydrogens is 214 g/mol. The van der Waals surface area contributed by atoms with Gasteiger partial charge < -0.3 is 14.7 Å². The third-order valence-electron chi connectivity index (χ3n) is 2.91. The first-order valence-corrected chi connectivity index (χ1v) is 6.22. The number of aliphatic hydroxyl groups excluding tert-OH is 1. The van der Waals surface area contributed by atoms with E-state index in [0.717, 1.165) is 24.4 Å². The van der Waals surface area contributed by atoms with Crippen molar-refractivity contribution in [1.82, 2.24) is 0 Å². The molecule has 3 nitrogen and oxygen atoms in total. The van der Waals surface area contributed by atoms with E-state index in [0.29, 0.717) is 6.42 Å². The first-order chi connectivity index (χ1) is 8.12. The molecule has 0 fully saturated rings. The molecule has 1 unspecified atom stereocenters. The van der Waals surface area contributed by atoms with Gasteiger partial charge in [0.15, 0.2) is 0 Å². The van der Waals surface area contributed by atoms with Crippen molar-refractivity contribution in [2.75, 3.05) is 25.1 Å². The molecule has 1 aromatic rings. The Labute approximate surface area is 104 Å². The van der Waals surface area contributed by atoms with Gasteiger partial charge in [-0.1, -0.05) is 6.07 Å². The van der Waals surface area contributed by atoms with Crippen LogP contribution in [0, 0.1) is 0 Å². The highest BCUT2D eigenvalue weighted by Gasteiger charge is 2.09. The molecule has 0 bridgehead atoms. The normalized spacial score (nSPS) is 12.3. The summed E-state index contributed by atoms with van der Waals surface area (Å²) in [5.74, 6) is 0.857. The largest absolute Gasteiger partial charge is 0.496 e. The maximum atomic E-state index is 9.43. The zero-order valence-corrected chi connectivity index (χ0v) is 11.2. The smallest absolute Gasteiger partial charge is 0.124 e. The zero-order chi connectivity index (χ0) is 12.8. The topological polar surface area (TPSA) is 32.7 Å². The molecule has 3 heteroatoms. The molecule has 0 aliphatic rings. The van der Waals surface area contributed by atoms with E-state index < -0.39 is 0 Å². The summed E-state index contributed by atoms with van der Waals surface area (Å²) in [6, 6.07) is 6.18.